The topological polar surface area (TPSA) is 79.9 Å². The molecule has 0 radical (unpaired) electrons. The fourth-order valence-electron chi connectivity index (χ4n) is 1.79. The molecule has 0 unspecified atom stereocenters. The molecule has 0 aliphatic carbocycles. The number of aromatic nitrogens is 2. The van der Waals surface area contributed by atoms with Crippen molar-refractivity contribution < 1.29 is 17.2 Å². The molecule has 0 bridgehead atoms. The fraction of sp³-hybridized carbons (Fsp3) is 0.600. The van der Waals surface area contributed by atoms with Crippen molar-refractivity contribution in [3.05, 3.63) is 22.1 Å². The van der Waals surface area contributed by atoms with Crippen molar-refractivity contribution in [2.24, 2.45) is 5.92 Å². The minimum Gasteiger partial charge on any atom is -0.301 e. The molecule has 0 amide bonds. The molecule has 2 heterocycles. The second-order valence-corrected chi connectivity index (χ2v) is 7.59. The van der Waals surface area contributed by atoms with Crippen molar-refractivity contribution >= 4 is 21.6 Å². The van der Waals surface area contributed by atoms with Gasteiger partial charge in [-0.15, -0.1) is 0 Å². The van der Waals surface area contributed by atoms with Gasteiger partial charge in [0.05, 0.1) is 11.5 Å². The normalized spacial score (nSPS) is 18.5. The summed E-state index contributed by atoms with van der Waals surface area (Å²) in [5, 5.41) is 0.144. The number of sulfone groups is 1. The summed E-state index contributed by atoms with van der Waals surface area (Å²) in [6.07, 6.45) is -2.12. The molecular weight excluding hydrogens is 298 g/mol. The summed E-state index contributed by atoms with van der Waals surface area (Å²) < 4.78 is 46.8. The zero-order chi connectivity index (χ0) is 14.0. The summed E-state index contributed by atoms with van der Waals surface area (Å²) in [6.45, 7) is 0. The van der Waals surface area contributed by atoms with E-state index in [1.807, 2.05) is 0 Å². The van der Waals surface area contributed by atoms with E-state index in [0.717, 1.165) is 17.8 Å². The van der Waals surface area contributed by atoms with Crippen LogP contribution in [0.2, 0.25) is 0 Å². The Bertz CT molecular complexity index is 603. The number of alkyl halides is 2. The molecule has 1 aromatic rings. The van der Waals surface area contributed by atoms with Gasteiger partial charge in [0, 0.05) is 11.8 Å². The summed E-state index contributed by atoms with van der Waals surface area (Å²) in [6, 6.07) is 0.771. The molecule has 9 heteroatoms. The molecule has 0 atom stereocenters. The predicted octanol–water partition coefficient (Wildman–Crippen LogP) is 1.23. The van der Waals surface area contributed by atoms with Crippen molar-refractivity contribution in [1.29, 1.82) is 0 Å². The number of halogens is 2. The summed E-state index contributed by atoms with van der Waals surface area (Å²) in [5.41, 5.74) is -1.16. The van der Waals surface area contributed by atoms with Crippen LogP contribution in [0.25, 0.3) is 0 Å². The third kappa shape index (κ3) is 4.00. The minimum atomic E-state index is -2.83. The second kappa shape index (κ2) is 5.58. The maximum absolute atomic E-state index is 12.4. The molecule has 0 aromatic carbocycles. The van der Waals surface area contributed by atoms with E-state index in [0.29, 0.717) is 12.2 Å². The molecule has 0 saturated carbocycles. The van der Waals surface area contributed by atoms with E-state index in [4.69, 9.17) is 0 Å². The van der Waals surface area contributed by atoms with Crippen molar-refractivity contribution in [2.75, 3.05) is 17.3 Å². The molecule has 2 rings (SSSR count). The summed E-state index contributed by atoms with van der Waals surface area (Å²) in [7, 11) is -2.83. The van der Waals surface area contributed by atoms with E-state index in [-0.39, 0.29) is 22.6 Å². The number of nitrogens with one attached hydrogen (secondary N) is 1. The van der Waals surface area contributed by atoms with Gasteiger partial charge in [0.15, 0.2) is 15.0 Å². The first-order valence-corrected chi connectivity index (χ1v) is 8.39. The first-order chi connectivity index (χ1) is 8.85. The fourth-order valence-corrected chi connectivity index (χ4v) is 4.45. The predicted molar refractivity (Wildman–Crippen MR) is 67.3 cm³/mol. The smallest absolute Gasteiger partial charge is 0.280 e. The number of nitrogens with zero attached hydrogens (tertiary/aromatic N) is 1. The van der Waals surface area contributed by atoms with Crippen LogP contribution >= 0.6 is 11.8 Å². The first-order valence-electron chi connectivity index (χ1n) is 5.58. The van der Waals surface area contributed by atoms with Crippen LogP contribution in [-0.4, -0.2) is 35.6 Å². The van der Waals surface area contributed by atoms with Gasteiger partial charge in [-0.3, -0.25) is 4.79 Å². The van der Waals surface area contributed by atoms with Gasteiger partial charge < -0.3 is 4.98 Å². The van der Waals surface area contributed by atoms with Gasteiger partial charge in [-0.1, -0.05) is 11.8 Å². The van der Waals surface area contributed by atoms with Gasteiger partial charge in [-0.05, 0) is 12.3 Å². The highest BCUT2D eigenvalue weighted by Crippen LogP contribution is 2.25. The monoisotopic (exact) mass is 310 g/mol. The lowest BCUT2D eigenvalue weighted by atomic mass is 10.1. The average molecular weight is 310 g/mol. The summed E-state index contributed by atoms with van der Waals surface area (Å²) >= 11 is 1.15. The van der Waals surface area contributed by atoms with Gasteiger partial charge in [-0.2, -0.15) is 0 Å². The van der Waals surface area contributed by atoms with Gasteiger partial charge in [-0.25, -0.2) is 22.2 Å². The number of thioether (sulfide) groups is 1. The van der Waals surface area contributed by atoms with Crippen molar-refractivity contribution in [1.82, 2.24) is 9.97 Å². The van der Waals surface area contributed by atoms with Crippen LogP contribution in [0, 0.1) is 5.92 Å². The molecule has 0 spiro atoms. The number of aromatic amines is 1. The van der Waals surface area contributed by atoms with Gasteiger partial charge in [0.1, 0.15) is 5.69 Å². The molecule has 1 aliphatic rings. The highest BCUT2D eigenvalue weighted by atomic mass is 32.2. The standard InChI is InChI=1S/C10H12F2N2O3S2/c11-9(12)7-3-8(15)14-10(13-7)18-2-1-6-4-19(16,17)5-6/h3,6,9H,1-2,4-5H2,(H,13,14,15). The zero-order valence-corrected chi connectivity index (χ0v) is 11.4. The molecule has 1 aliphatic heterocycles. The summed E-state index contributed by atoms with van der Waals surface area (Å²) in [4.78, 5) is 17.2. The Kier molecular flexibility index (Phi) is 4.24. The molecule has 5 nitrogen and oxygen atoms in total. The SMILES string of the molecule is O=c1cc(C(F)F)nc(SCCC2CS(=O)(=O)C2)[nH]1. The highest BCUT2D eigenvalue weighted by molar-refractivity contribution is 7.99. The van der Waals surface area contributed by atoms with Crippen molar-refractivity contribution in [3.8, 4) is 0 Å². The Morgan fingerprint density at radius 3 is 2.74 bits per heavy atom. The Labute approximate surface area is 112 Å². The maximum Gasteiger partial charge on any atom is 0.280 e. The maximum atomic E-state index is 12.4. The molecule has 1 fully saturated rings. The average Bonchev–Trinajstić information content (AvgIpc) is 2.25. The Hall–Kier alpha value is -0.960. The lowest BCUT2D eigenvalue weighted by molar-refractivity contribution is 0.144. The Balaban J connectivity index is 1.88. The molecule has 19 heavy (non-hydrogen) atoms. The number of rotatable bonds is 5. The Morgan fingerprint density at radius 1 is 1.47 bits per heavy atom. The van der Waals surface area contributed by atoms with Gasteiger partial charge in [0.2, 0.25) is 0 Å². The van der Waals surface area contributed by atoms with E-state index < -0.39 is 27.5 Å². The number of hydrogen-bond donors (Lipinski definition) is 1. The lowest BCUT2D eigenvalue weighted by Crippen LogP contribution is -2.36. The minimum absolute atomic E-state index is 0.127. The zero-order valence-electron chi connectivity index (χ0n) is 9.80. The second-order valence-electron chi connectivity index (χ2n) is 4.36. The largest absolute Gasteiger partial charge is 0.301 e. The van der Waals surface area contributed by atoms with E-state index in [2.05, 4.69) is 9.97 Å². The van der Waals surface area contributed by atoms with E-state index >= 15 is 0 Å². The lowest BCUT2D eigenvalue weighted by Gasteiger charge is -2.25. The van der Waals surface area contributed by atoms with Gasteiger partial charge in [0.25, 0.3) is 12.0 Å². The van der Waals surface area contributed by atoms with E-state index in [9.17, 15) is 22.0 Å². The van der Waals surface area contributed by atoms with Crippen molar-refractivity contribution in [2.45, 2.75) is 18.0 Å². The van der Waals surface area contributed by atoms with Crippen LogP contribution in [0.4, 0.5) is 8.78 Å². The van der Waals surface area contributed by atoms with E-state index in [1.54, 1.807) is 0 Å². The van der Waals surface area contributed by atoms with Crippen LogP contribution in [0.15, 0.2) is 16.0 Å². The molecule has 1 aromatic heterocycles. The summed E-state index contributed by atoms with van der Waals surface area (Å²) in [5.74, 6) is 1.04. The third-order valence-electron chi connectivity index (χ3n) is 2.71. The molecule has 1 N–H and O–H groups in total. The van der Waals surface area contributed by atoms with Crippen LogP contribution < -0.4 is 5.56 Å². The Morgan fingerprint density at radius 2 is 2.16 bits per heavy atom. The van der Waals surface area contributed by atoms with Crippen LogP contribution in [-0.2, 0) is 9.84 Å². The van der Waals surface area contributed by atoms with Crippen LogP contribution in [0.1, 0.15) is 18.5 Å². The highest BCUT2D eigenvalue weighted by Gasteiger charge is 2.32. The third-order valence-corrected chi connectivity index (χ3v) is 5.57. The van der Waals surface area contributed by atoms with Crippen LogP contribution in [0.3, 0.4) is 0 Å². The van der Waals surface area contributed by atoms with Gasteiger partial charge >= 0.3 is 0 Å². The molecule has 1 saturated heterocycles. The molecule has 106 valence electrons. The van der Waals surface area contributed by atoms with Crippen molar-refractivity contribution in [3.63, 3.8) is 0 Å². The van der Waals surface area contributed by atoms with E-state index in [1.165, 1.54) is 0 Å². The number of hydrogen-bond acceptors (Lipinski definition) is 5. The quantitative estimate of drug-likeness (QED) is 0.654. The molecular formula is C10H12F2N2O3S2. The number of H-pyrrole nitrogens is 1. The first kappa shape index (κ1) is 14.4. The van der Waals surface area contributed by atoms with Crippen LogP contribution in [0.5, 0.6) is 0 Å².